The molecule has 0 aliphatic heterocycles. The van der Waals surface area contributed by atoms with Gasteiger partial charge in [0.1, 0.15) is 34.8 Å². The van der Waals surface area contributed by atoms with Crippen LogP contribution in [0.2, 0.25) is 0 Å². The fraction of sp³-hybridized carbons (Fsp3) is 0.0870. The molecule has 1 aromatic heterocycles. The van der Waals surface area contributed by atoms with Crippen molar-refractivity contribution in [1.29, 1.82) is 0 Å². The van der Waals surface area contributed by atoms with Crippen LogP contribution in [-0.2, 0) is 6.61 Å². The van der Waals surface area contributed by atoms with Gasteiger partial charge in [-0.1, -0.05) is 60.2 Å². The molecule has 3 aromatic carbocycles. The lowest BCUT2D eigenvalue weighted by molar-refractivity contribution is 0.304. The van der Waals surface area contributed by atoms with Crippen LogP contribution in [-0.4, -0.2) is 5.11 Å². The van der Waals surface area contributed by atoms with Gasteiger partial charge in [-0.05, 0) is 12.5 Å². The van der Waals surface area contributed by atoms with E-state index in [1.165, 1.54) is 12.1 Å². The molecule has 4 aromatic rings. The van der Waals surface area contributed by atoms with Gasteiger partial charge in [0.25, 0.3) is 0 Å². The van der Waals surface area contributed by atoms with Gasteiger partial charge in [0.05, 0.1) is 0 Å². The van der Waals surface area contributed by atoms with E-state index in [9.17, 15) is 9.90 Å². The lowest BCUT2D eigenvalue weighted by Crippen LogP contribution is -2.02. The minimum absolute atomic E-state index is 0.151. The van der Waals surface area contributed by atoms with Gasteiger partial charge in [-0.2, -0.15) is 0 Å². The highest BCUT2D eigenvalue weighted by atomic mass is 16.5. The molecule has 0 unspecified atom stereocenters. The number of aromatic hydroxyl groups is 1. The van der Waals surface area contributed by atoms with Crippen molar-refractivity contribution in [3.63, 3.8) is 0 Å². The van der Waals surface area contributed by atoms with Crippen LogP contribution in [0, 0.1) is 6.92 Å². The first-order valence-corrected chi connectivity index (χ1v) is 8.65. The van der Waals surface area contributed by atoms with Gasteiger partial charge in [0.2, 0.25) is 0 Å². The van der Waals surface area contributed by atoms with Gasteiger partial charge in [0.15, 0.2) is 5.43 Å². The van der Waals surface area contributed by atoms with Crippen molar-refractivity contribution in [3.05, 3.63) is 94.1 Å². The predicted molar refractivity (Wildman–Crippen MR) is 105 cm³/mol. The Morgan fingerprint density at radius 1 is 0.963 bits per heavy atom. The Morgan fingerprint density at radius 2 is 1.78 bits per heavy atom. The largest absolute Gasteiger partial charge is 0.507 e. The van der Waals surface area contributed by atoms with E-state index in [1.807, 2.05) is 61.5 Å². The first-order chi connectivity index (χ1) is 13.1. The van der Waals surface area contributed by atoms with Gasteiger partial charge in [0, 0.05) is 23.8 Å². The normalized spacial score (nSPS) is 10.9. The number of hydrogen-bond donors (Lipinski definition) is 1. The number of phenolic OH excluding ortho intramolecular Hbond substituents is 1. The maximum absolute atomic E-state index is 12.5. The van der Waals surface area contributed by atoms with Crippen molar-refractivity contribution in [1.82, 2.24) is 0 Å². The van der Waals surface area contributed by atoms with E-state index < -0.39 is 0 Å². The Kier molecular flexibility index (Phi) is 4.38. The second kappa shape index (κ2) is 7.00. The average Bonchev–Trinajstić information content (AvgIpc) is 2.66. The summed E-state index contributed by atoms with van der Waals surface area (Å²) < 4.78 is 11.7. The second-order valence-electron chi connectivity index (χ2n) is 6.43. The molecule has 134 valence electrons. The molecule has 0 bridgehead atoms. The summed E-state index contributed by atoms with van der Waals surface area (Å²) in [5, 5.41) is 10.4. The summed E-state index contributed by atoms with van der Waals surface area (Å²) in [5.74, 6) is 0.735. The van der Waals surface area contributed by atoms with Gasteiger partial charge >= 0.3 is 0 Å². The number of rotatable bonds is 4. The van der Waals surface area contributed by atoms with E-state index in [0.29, 0.717) is 23.7 Å². The minimum Gasteiger partial charge on any atom is -0.507 e. The van der Waals surface area contributed by atoms with Crippen LogP contribution in [0.4, 0.5) is 0 Å². The maximum Gasteiger partial charge on any atom is 0.197 e. The van der Waals surface area contributed by atoms with Gasteiger partial charge < -0.3 is 14.3 Å². The summed E-state index contributed by atoms with van der Waals surface area (Å²) in [5.41, 5.74) is 2.96. The molecule has 1 N–H and O–H groups in total. The van der Waals surface area contributed by atoms with Crippen molar-refractivity contribution in [2.75, 3.05) is 0 Å². The Labute approximate surface area is 156 Å². The number of benzene rings is 3. The summed E-state index contributed by atoms with van der Waals surface area (Å²) >= 11 is 0. The Hall–Kier alpha value is -3.53. The third kappa shape index (κ3) is 3.55. The summed E-state index contributed by atoms with van der Waals surface area (Å²) in [6.07, 6.45) is 0. The van der Waals surface area contributed by atoms with Crippen LogP contribution < -0.4 is 10.2 Å². The van der Waals surface area contributed by atoms with E-state index in [2.05, 4.69) is 0 Å². The molecule has 0 saturated carbocycles. The predicted octanol–water partition coefficient (Wildman–Crippen LogP) is 5.05. The summed E-state index contributed by atoms with van der Waals surface area (Å²) in [7, 11) is 0. The minimum atomic E-state index is -0.294. The number of aryl methyl sites for hydroxylation is 1. The van der Waals surface area contributed by atoms with Gasteiger partial charge in [-0.15, -0.1) is 0 Å². The van der Waals surface area contributed by atoms with Crippen molar-refractivity contribution in [2.24, 2.45) is 0 Å². The van der Waals surface area contributed by atoms with Crippen LogP contribution in [0.15, 0.2) is 82.0 Å². The zero-order chi connectivity index (χ0) is 18.8. The zero-order valence-electron chi connectivity index (χ0n) is 14.8. The SMILES string of the molecule is Cc1cccc(COc2cc(O)c3c(=O)cc(-c4ccccc4)oc3c2)c1. The van der Waals surface area contributed by atoms with Crippen LogP contribution in [0.3, 0.4) is 0 Å². The third-order valence-electron chi connectivity index (χ3n) is 4.33. The second-order valence-corrected chi connectivity index (χ2v) is 6.43. The molecule has 0 fully saturated rings. The molecule has 4 rings (SSSR count). The fourth-order valence-corrected chi connectivity index (χ4v) is 3.04. The van der Waals surface area contributed by atoms with Crippen molar-refractivity contribution < 1.29 is 14.3 Å². The summed E-state index contributed by atoms with van der Waals surface area (Å²) in [4.78, 5) is 12.5. The lowest BCUT2D eigenvalue weighted by Gasteiger charge is -2.10. The van der Waals surface area contributed by atoms with E-state index in [-0.39, 0.29) is 16.6 Å². The first kappa shape index (κ1) is 16.9. The van der Waals surface area contributed by atoms with Gasteiger partial charge in [-0.25, -0.2) is 0 Å². The molecule has 4 nitrogen and oxygen atoms in total. The molecular weight excluding hydrogens is 340 g/mol. The van der Waals surface area contributed by atoms with Crippen LogP contribution >= 0.6 is 0 Å². The lowest BCUT2D eigenvalue weighted by atomic mass is 10.1. The first-order valence-electron chi connectivity index (χ1n) is 8.65. The number of fused-ring (bicyclic) bond motifs is 1. The molecule has 0 radical (unpaired) electrons. The van der Waals surface area contributed by atoms with E-state index in [4.69, 9.17) is 9.15 Å². The van der Waals surface area contributed by atoms with Crippen LogP contribution in [0.25, 0.3) is 22.3 Å². The molecule has 0 aliphatic carbocycles. The monoisotopic (exact) mass is 358 g/mol. The summed E-state index contributed by atoms with van der Waals surface area (Å²) in [6, 6.07) is 21.8. The third-order valence-corrected chi connectivity index (χ3v) is 4.33. The highest BCUT2D eigenvalue weighted by Gasteiger charge is 2.13. The maximum atomic E-state index is 12.5. The smallest absolute Gasteiger partial charge is 0.197 e. The Balaban J connectivity index is 1.72. The van der Waals surface area contributed by atoms with Crippen LogP contribution in [0.1, 0.15) is 11.1 Å². The highest BCUT2D eigenvalue weighted by Crippen LogP contribution is 2.31. The average molecular weight is 358 g/mol. The van der Waals surface area contributed by atoms with E-state index >= 15 is 0 Å². The topological polar surface area (TPSA) is 59.7 Å². The highest BCUT2D eigenvalue weighted by molar-refractivity contribution is 5.86. The Bertz CT molecular complexity index is 1160. The molecule has 0 saturated heterocycles. The van der Waals surface area contributed by atoms with E-state index in [0.717, 1.165) is 16.7 Å². The number of phenols is 1. The van der Waals surface area contributed by atoms with Crippen LogP contribution in [0.5, 0.6) is 11.5 Å². The molecule has 1 heterocycles. The fourth-order valence-electron chi connectivity index (χ4n) is 3.04. The van der Waals surface area contributed by atoms with Crippen molar-refractivity contribution in [2.45, 2.75) is 13.5 Å². The molecule has 0 amide bonds. The summed E-state index contributed by atoms with van der Waals surface area (Å²) in [6.45, 7) is 2.38. The van der Waals surface area contributed by atoms with Crippen molar-refractivity contribution >= 4 is 11.0 Å². The van der Waals surface area contributed by atoms with Crippen molar-refractivity contribution in [3.8, 4) is 22.8 Å². The molecule has 27 heavy (non-hydrogen) atoms. The molecule has 4 heteroatoms. The van der Waals surface area contributed by atoms with Gasteiger partial charge in [-0.3, -0.25) is 4.79 Å². The standard InChI is InChI=1S/C23H18O4/c1-15-6-5-7-16(10-15)14-26-18-11-19(24)23-20(25)13-21(27-22(23)12-18)17-8-3-2-4-9-17/h2-13,24H,14H2,1H3. The number of hydrogen-bond acceptors (Lipinski definition) is 4. The molecule has 0 aliphatic rings. The molecule has 0 atom stereocenters. The number of ether oxygens (including phenoxy) is 1. The molecular formula is C23H18O4. The zero-order valence-corrected chi connectivity index (χ0v) is 14.8. The van der Waals surface area contributed by atoms with E-state index in [1.54, 1.807) is 6.07 Å². The molecule has 0 spiro atoms. The Morgan fingerprint density at radius 3 is 2.56 bits per heavy atom. The quantitative estimate of drug-likeness (QED) is 0.554.